The van der Waals surface area contributed by atoms with Gasteiger partial charge >= 0.3 is 0 Å². The van der Waals surface area contributed by atoms with Crippen molar-refractivity contribution in [3.05, 3.63) is 23.3 Å². The number of nitrogens with one attached hydrogen (secondary N) is 1. The summed E-state index contributed by atoms with van der Waals surface area (Å²) in [5.41, 5.74) is 3.39. The molecule has 0 unspecified atom stereocenters. The lowest BCUT2D eigenvalue weighted by Gasteiger charge is -2.32. The van der Waals surface area contributed by atoms with Gasteiger partial charge in [0, 0.05) is 17.8 Å². The van der Waals surface area contributed by atoms with Gasteiger partial charge in [0.15, 0.2) is 0 Å². The minimum absolute atomic E-state index is 0.690. The first-order chi connectivity index (χ1) is 6.45. The van der Waals surface area contributed by atoms with Crippen molar-refractivity contribution in [3.63, 3.8) is 0 Å². The Morgan fingerprint density at radius 2 is 2.46 bits per heavy atom. The van der Waals surface area contributed by atoms with Crippen molar-refractivity contribution in [2.45, 2.75) is 30.6 Å². The van der Waals surface area contributed by atoms with Gasteiger partial charge in [-0.25, -0.2) is 0 Å². The Kier molecular flexibility index (Phi) is 1.99. The van der Waals surface area contributed by atoms with Crippen molar-refractivity contribution in [3.8, 4) is 0 Å². The number of thioether (sulfide) groups is 1. The molecule has 0 bridgehead atoms. The highest BCUT2D eigenvalue weighted by Gasteiger charge is 2.32. The van der Waals surface area contributed by atoms with Crippen LogP contribution in [0.15, 0.2) is 23.3 Å². The summed E-state index contributed by atoms with van der Waals surface area (Å²) < 4.78 is 0. The SMILES string of the molecule is C1=CC2=C3CCS[C@H]3CN[C@H]2CC1. The van der Waals surface area contributed by atoms with Gasteiger partial charge in [-0.2, -0.15) is 11.8 Å². The first-order valence-electron chi connectivity index (χ1n) is 5.19. The molecule has 1 fully saturated rings. The van der Waals surface area contributed by atoms with Gasteiger partial charge in [-0.1, -0.05) is 17.7 Å². The average molecular weight is 193 g/mol. The molecule has 2 heteroatoms. The molecule has 0 aromatic carbocycles. The van der Waals surface area contributed by atoms with Crippen molar-refractivity contribution >= 4 is 11.8 Å². The second-order valence-electron chi connectivity index (χ2n) is 4.03. The number of hydrogen-bond donors (Lipinski definition) is 1. The molecule has 0 aromatic rings. The molecule has 1 N–H and O–H groups in total. The fourth-order valence-corrected chi connectivity index (χ4v) is 3.91. The van der Waals surface area contributed by atoms with E-state index < -0.39 is 0 Å². The van der Waals surface area contributed by atoms with Crippen LogP contribution >= 0.6 is 11.8 Å². The summed E-state index contributed by atoms with van der Waals surface area (Å²) in [5, 5.41) is 4.46. The fraction of sp³-hybridized carbons (Fsp3) is 0.636. The van der Waals surface area contributed by atoms with Crippen LogP contribution in [0.4, 0.5) is 0 Å². The smallest absolute Gasteiger partial charge is 0.0388 e. The molecule has 2 atom stereocenters. The molecule has 1 nitrogen and oxygen atoms in total. The molecule has 70 valence electrons. The maximum atomic E-state index is 3.66. The molecular formula is C11H15NS. The first-order valence-corrected chi connectivity index (χ1v) is 6.24. The zero-order valence-corrected chi connectivity index (χ0v) is 8.57. The summed E-state index contributed by atoms with van der Waals surface area (Å²) in [6.45, 7) is 1.21. The normalized spacial score (nSPS) is 37.5. The van der Waals surface area contributed by atoms with Gasteiger partial charge in [0.2, 0.25) is 0 Å². The summed E-state index contributed by atoms with van der Waals surface area (Å²) >= 11 is 2.13. The lowest BCUT2D eigenvalue weighted by atomic mass is 9.87. The van der Waals surface area contributed by atoms with Crippen molar-refractivity contribution in [2.24, 2.45) is 0 Å². The lowest BCUT2D eigenvalue weighted by Crippen LogP contribution is -2.41. The summed E-state index contributed by atoms with van der Waals surface area (Å²) in [5.74, 6) is 1.34. The molecule has 1 saturated heterocycles. The third-order valence-electron chi connectivity index (χ3n) is 3.29. The van der Waals surface area contributed by atoms with E-state index in [-0.39, 0.29) is 0 Å². The maximum absolute atomic E-state index is 3.66. The Morgan fingerprint density at radius 1 is 1.46 bits per heavy atom. The molecule has 0 amide bonds. The van der Waals surface area contributed by atoms with Crippen molar-refractivity contribution in [1.82, 2.24) is 5.32 Å². The quantitative estimate of drug-likeness (QED) is 0.632. The topological polar surface area (TPSA) is 12.0 Å². The van der Waals surface area contributed by atoms with Crippen LogP contribution in [0.1, 0.15) is 19.3 Å². The van der Waals surface area contributed by atoms with Crippen LogP contribution in [-0.2, 0) is 0 Å². The van der Waals surface area contributed by atoms with Crippen LogP contribution < -0.4 is 5.32 Å². The summed E-state index contributed by atoms with van der Waals surface area (Å²) in [4.78, 5) is 0. The van der Waals surface area contributed by atoms with E-state index >= 15 is 0 Å². The van der Waals surface area contributed by atoms with E-state index in [9.17, 15) is 0 Å². The van der Waals surface area contributed by atoms with Gasteiger partial charge in [0.05, 0.1) is 0 Å². The van der Waals surface area contributed by atoms with Gasteiger partial charge in [-0.05, 0) is 30.6 Å². The minimum atomic E-state index is 0.690. The summed E-state index contributed by atoms with van der Waals surface area (Å²) in [6, 6.07) is 0.690. The van der Waals surface area contributed by atoms with Crippen molar-refractivity contribution in [2.75, 3.05) is 12.3 Å². The standard InChI is InChI=1S/C11H15NS/c1-2-4-10-8(3-1)9-5-6-13-11(9)7-12-10/h1,3,10-12H,2,4-7H2/t10-,11-/m0/s1. The Bertz CT molecular complexity index is 280. The van der Waals surface area contributed by atoms with Crippen LogP contribution in [0.5, 0.6) is 0 Å². The highest BCUT2D eigenvalue weighted by atomic mass is 32.2. The fourth-order valence-electron chi connectivity index (χ4n) is 2.62. The van der Waals surface area contributed by atoms with E-state index in [1.807, 2.05) is 0 Å². The molecule has 13 heavy (non-hydrogen) atoms. The second kappa shape index (κ2) is 3.18. The van der Waals surface area contributed by atoms with Crippen molar-refractivity contribution in [1.29, 1.82) is 0 Å². The van der Waals surface area contributed by atoms with Gasteiger partial charge in [0.1, 0.15) is 0 Å². The molecule has 2 aliphatic heterocycles. The van der Waals surface area contributed by atoms with Gasteiger partial charge in [0.25, 0.3) is 0 Å². The van der Waals surface area contributed by atoms with E-state index in [1.165, 1.54) is 31.6 Å². The number of fused-ring (bicyclic) bond motifs is 2. The Morgan fingerprint density at radius 3 is 3.46 bits per heavy atom. The van der Waals surface area contributed by atoms with Crippen LogP contribution in [-0.4, -0.2) is 23.6 Å². The van der Waals surface area contributed by atoms with Gasteiger partial charge in [-0.3, -0.25) is 0 Å². The lowest BCUT2D eigenvalue weighted by molar-refractivity contribution is 0.512. The summed E-state index contributed by atoms with van der Waals surface area (Å²) in [6.07, 6.45) is 8.62. The monoisotopic (exact) mass is 193 g/mol. The maximum Gasteiger partial charge on any atom is 0.0388 e. The molecule has 1 aliphatic carbocycles. The molecule has 3 rings (SSSR count). The summed E-state index contributed by atoms with van der Waals surface area (Å²) in [7, 11) is 0. The van der Waals surface area contributed by atoms with E-state index in [0.717, 1.165) is 5.25 Å². The predicted octanol–water partition coefficient (Wildman–Crippen LogP) is 2.11. The molecular weight excluding hydrogens is 178 g/mol. The second-order valence-corrected chi connectivity index (χ2v) is 5.34. The Labute approximate surface area is 83.7 Å². The van der Waals surface area contributed by atoms with E-state index in [0.29, 0.717) is 6.04 Å². The van der Waals surface area contributed by atoms with Crippen LogP contribution in [0.2, 0.25) is 0 Å². The third kappa shape index (κ3) is 1.27. The zero-order chi connectivity index (χ0) is 8.67. The van der Waals surface area contributed by atoms with E-state index in [2.05, 4.69) is 29.2 Å². The average Bonchev–Trinajstić information content (AvgIpc) is 2.65. The molecule has 2 heterocycles. The van der Waals surface area contributed by atoms with Crippen LogP contribution in [0.25, 0.3) is 0 Å². The van der Waals surface area contributed by atoms with Gasteiger partial charge < -0.3 is 5.32 Å². The zero-order valence-electron chi connectivity index (χ0n) is 7.75. The van der Waals surface area contributed by atoms with E-state index in [1.54, 1.807) is 11.1 Å². The molecule has 0 spiro atoms. The van der Waals surface area contributed by atoms with Crippen LogP contribution in [0, 0.1) is 0 Å². The molecule has 0 aromatic heterocycles. The Hall–Kier alpha value is -0.210. The number of hydrogen-bond acceptors (Lipinski definition) is 2. The molecule has 0 radical (unpaired) electrons. The Balaban J connectivity index is 2.03. The van der Waals surface area contributed by atoms with Crippen LogP contribution in [0.3, 0.4) is 0 Å². The molecule has 0 saturated carbocycles. The largest absolute Gasteiger partial charge is 0.309 e. The first kappa shape index (κ1) is 8.13. The molecule has 3 aliphatic rings. The van der Waals surface area contributed by atoms with Gasteiger partial charge in [-0.15, -0.1) is 0 Å². The number of allylic oxidation sites excluding steroid dienone is 1. The third-order valence-corrected chi connectivity index (χ3v) is 4.59. The van der Waals surface area contributed by atoms with E-state index in [4.69, 9.17) is 0 Å². The highest BCUT2D eigenvalue weighted by Crippen LogP contribution is 2.38. The van der Waals surface area contributed by atoms with Crippen molar-refractivity contribution < 1.29 is 0 Å². The predicted molar refractivity (Wildman–Crippen MR) is 58.1 cm³/mol. The highest BCUT2D eigenvalue weighted by molar-refractivity contribution is 8.00. The number of rotatable bonds is 0. The minimum Gasteiger partial charge on any atom is -0.309 e.